The summed E-state index contributed by atoms with van der Waals surface area (Å²) in [5, 5.41) is 3.18. The second kappa shape index (κ2) is 4.26. The number of ether oxygens (including phenoxy) is 1. The highest BCUT2D eigenvalue weighted by Crippen LogP contribution is 2.12. The third-order valence-electron chi connectivity index (χ3n) is 2.05. The van der Waals surface area contributed by atoms with E-state index >= 15 is 0 Å². The van der Waals surface area contributed by atoms with Crippen molar-refractivity contribution in [2.24, 2.45) is 0 Å². The maximum atomic E-state index is 11.2. The molecule has 68 valence electrons. The molecule has 0 bridgehead atoms. The van der Waals surface area contributed by atoms with E-state index in [1.165, 1.54) is 5.57 Å². The molecule has 0 atom stereocenters. The highest BCUT2D eigenvalue weighted by atomic mass is 16.5. The highest BCUT2D eigenvalue weighted by Gasteiger charge is 2.14. The number of nitrogens with one attached hydrogen (secondary N) is 1. The van der Waals surface area contributed by atoms with E-state index in [4.69, 9.17) is 4.74 Å². The van der Waals surface area contributed by atoms with Gasteiger partial charge in [0.25, 0.3) is 0 Å². The summed E-state index contributed by atoms with van der Waals surface area (Å²) in [4.78, 5) is 11.2. The SMILES string of the molecule is CCOC(=O)/C(C)=C1\CCNC1. The van der Waals surface area contributed by atoms with Crippen molar-refractivity contribution in [1.29, 1.82) is 0 Å². The Kier molecular flexibility index (Phi) is 3.29. The molecule has 12 heavy (non-hydrogen) atoms. The molecule has 0 aromatic rings. The number of esters is 1. The molecule has 0 aromatic heterocycles. The predicted molar refractivity (Wildman–Crippen MR) is 46.8 cm³/mol. The lowest BCUT2D eigenvalue weighted by molar-refractivity contribution is -0.138. The van der Waals surface area contributed by atoms with Gasteiger partial charge >= 0.3 is 5.97 Å². The Hall–Kier alpha value is -0.830. The van der Waals surface area contributed by atoms with Crippen LogP contribution in [0.3, 0.4) is 0 Å². The van der Waals surface area contributed by atoms with Gasteiger partial charge in [-0.25, -0.2) is 4.79 Å². The molecule has 1 saturated heterocycles. The summed E-state index contributed by atoms with van der Waals surface area (Å²) in [5.74, 6) is -0.170. The number of hydrogen-bond acceptors (Lipinski definition) is 3. The van der Waals surface area contributed by atoms with E-state index in [2.05, 4.69) is 5.32 Å². The highest BCUT2D eigenvalue weighted by molar-refractivity contribution is 5.88. The lowest BCUT2D eigenvalue weighted by Crippen LogP contribution is -2.10. The minimum absolute atomic E-state index is 0.170. The Morgan fingerprint density at radius 1 is 1.67 bits per heavy atom. The molecule has 0 amide bonds. The first-order valence-electron chi connectivity index (χ1n) is 4.32. The fraction of sp³-hybridized carbons (Fsp3) is 0.667. The fourth-order valence-corrected chi connectivity index (χ4v) is 1.27. The predicted octanol–water partition coefficient (Wildman–Crippen LogP) is 0.859. The summed E-state index contributed by atoms with van der Waals surface area (Å²) >= 11 is 0. The lowest BCUT2D eigenvalue weighted by Gasteiger charge is -2.04. The van der Waals surface area contributed by atoms with E-state index in [-0.39, 0.29) is 5.97 Å². The van der Waals surface area contributed by atoms with Gasteiger partial charge in [0.2, 0.25) is 0 Å². The van der Waals surface area contributed by atoms with E-state index in [0.29, 0.717) is 6.61 Å². The molecule has 1 fully saturated rings. The summed E-state index contributed by atoms with van der Waals surface area (Å²) in [7, 11) is 0. The molecule has 0 spiro atoms. The van der Waals surface area contributed by atoms with E-state index in [0.717, 1.165) is 25.1 Å². The van der Waals surface area contributed by atoms with Crippen LogP contribution in [0, 0.1) is 0 Å². The zero-order valence-corrected chi connectivity index (χ0v) is 7.64. The van der Waals surface area contributed by atoms with E-state index < -0.39 is 0 Å². The van der Waals surface area contributed by atoms with E-state index in [1.807, 2.05) is 13.8 Å². The van der Waals surface area contributed by atoms with Crippen LogP contribution in [-0.4, -0.2) is 25.7 Å². The molecule has 3 heteroatoms. The smallest absolute Gasteiger partial charge is 0.333 e. The Bertz CT molecular complexity index is 201. The first-order chi connectivity index (χ1) is 5.75. The van der Waals surface area contributed by atoms with Crippen LogP contribution in [-0.2, 0) is 9.53 Å². The van der Waals surface area contributed by atoms with Crippen LogP contribution >= 0.6 is 0 Å². The average molecular weight is 169 g/mol. The number of carbonyl (C=O) groups is 1. The van der Waals surface area contributed by atoms with Gasteiger partial charge in [-0.2, -0.15) is 0 Å². The van der Waals surface area contributed by atoms with Gasteiger partial charge in [0.15, 0.2) is 0 Å². The van der Waals surface area contributed by atoms with Crippen molar-refractivity contribution in [2.75, 3.05) is 19.7 Å². The van der Waals surface area contributed by atoms with Crippen LogP contribution in [0.15, 0.2) is 11.1 Å². The second-order valence-corrected chi connectivity index (χ2v) is 2.88. The van der Waals surface area contributed by atoms with Gasteiger partial charge in [0.1, 0.15) is 0 Å². The molecule has 0 radical (unpaired) electrons. The van der Waals surface area contributed by atoms with Crippen LogP contribution < -0.4 is 5.32 Å². The van der Waals surface area contributed by atoms with Crippen molar-refractivity contribution < 1.29 is 9.53 Å². The van der Waals surface area contributed by atoms with Crippen molar-refractivity contribution in [1.82, 2.24) is 5.32 Å². The summed E-state index contributed by atoms with van der Waals surface area (Å²) in [6.45, 7) is 5.93. The number of hydrogen-bond donors (Lipinski definition) is 1. The molecule has 0 aliphatic carbocycles. The quantitative estimate of drug-likeness (QED) is 0.492. The van der Waals surface area contributed by atoms with Crippen molar-refractivity contribution in [2.45, 2.75) is 20.3 Å². The zero-order chi connectivity index (χ0) is 8.97. The molecule has 1 N–H and O–H groups in total. The molecule has 1 aliphatic heterocycles. The van der Waals surface area contributed by atoms with E-state index in [1.54, 1.807) is 0 Å². The minimum atomic E-state index is -0.170. The first kappa shape index (κ1) is 9.26. The maximum absolute atomic E-state index is 11.2. The largest absolute Gasteiger partial charge is 0.463 e. The molecule has 0 saturated carbocycles. The van der Waals surface area contributed by atoms with Gasteiger partial charge in [-0.15, -0.1) is 0 Å². The molecule has 1 heterocycles. The van der Waals surface area contributed by atoms with Crippen molar-refractivity contribution in [3.63, 3.8) is 0 Å². The van der Waals surface area contributed by atoms with Crippen molar-refractivity contribution >= 4 is 5.97 Å². The molecule has 1 rings (SSSR count). The number of carbonyl (C=O) groups excluding carboxylic acids is 1. The number of rotatable bonds is 2. The van der Waals surface area contributed by atoms with Crippen molar-refractivity contribution in [3.05, 3.63) is 11.1 Å². The maximum Gasteiger partial charge on any atom is 0.333 e. The van der Waals surface area contributed by atoms with Crippen LogP contribution in [0.1, 0.15) is 20.3 Å². The topological polar surface area (TPSA) is 38.3 Å². The fourth-order valence-electron chi connectivity index (χ4n) is 1.27. The molecule has 0 aromatic carbocycles. The van der Waals surface area contributed by atoms with Crippen molar-refractivity contribution in [3.8, 4) is 0 Å². The summed E-state index contributed by atoms with van der Waals surface area (Å²) in [5.41, 5.74) is 1.97. The Balaban J connectivity index is 2.60. The lowest BCUT2D eigenvalue weighted by atomic mass is 10.1. The van der Waals surface area contributed by atoms with Gasteiger partial charge in [0.05, 0.1) is 6.61 Å². The average Bonchev–Trinajstić information content (AvgIpc) is 2.55. The third-order valence-corrected chi connectivity index (χ3v) is 2.05. The van der Waals surface area contributed by atoms with Gasteiger partial charge in [-0.1, -0.05) is 0 Å². The van der Waals surface area contributed by atoms with E-state index in [9.17, 15) is 4.79 Å². The Morgan fingerprint density at radius 3 is 2.92 bits per heavy atom. The van der Waals surface area contributed by atoms with Crippen LogP contribution in [0.25, 0.3) is 0 Å². The molecular weight excluding hydrogens is 154 g/mol. The standard InChI is InChI=1S/C9H15NO2/c1-3-12-9(11)7(2)8-4-5-10-6-8/h10H,3-6H2,1-2H3/b8-7+. The Morgan fingerprint density at radius 2 is 2.42 bits per heavy atom. The monoisotopic (exact) mass is 169 g/mol. The van der Waals surface area contributed by atoms with Crippen LogP contribution in [0.5, 0.6) is 0 Å². The first-order valence-corrected chi connectivity index (χ1v) is 4.32. The van der Waals surface area contributed by atoms with Gasteiger partial charge in [-0.05, 0) is 32.4 Å². The summed E-state index contributed by atoms with van der Waals surface area (Å²) in [6, 6.07) is 0. The molecule has 3 nitrogen and oxygen atoms in total. The molecule has 1 aliphatic rings. The molecular formula is C9H15NO2. The van der Waals surface area contributed by atoms with Gasteiger partial charge < -0.3 is 10.1 Å². The van der Waals surface area contributed by atoms with Crippen LogP contribution in [0.2, 0.25) is 0 Å². The van der Waals surface area contributed by atoms with Crippen LogP contribution in [0.4, 0.5) is 0 Å². The normalized spacial score (nSPS) is 20.8. The Labute approximate surface area is 72.8 Å². The summed E-state index contributed by atoms with van der Waals surface area (Å²) in [6.07, 6.45) is 0.977. The van der Waals surface area contributed by atoms with Gasteiger partial charge in [0, 0.05) is 12.1 Å². The molecule has 0 unspecified atom stereocenters. The minimum Gasteiger partial charge on any atom is -0.463 e. The second-order valence-electron chi connectivity index (χ2n) is 2.88. The van der Waals surface area contributed by atoms with Gasteiger partial charge in [-0.3, -0.25) is 0 Å². The third kappa shape index (κ3) is 2.08. The summed E-state index contributed by atoms with van der Waals surface area (Å²) < 4.78 is 4.89. The zero-order valence-electron chi connectivity index (χ0n) is 7.64.